The van der Waals surface area contributed by atoms with Crippen molar-refractivity contribution in [1.29, 1.82) is 0 Å². The Hall–Kier alpha value is -3.65. The number of nitrogens with one attached hydrogen (secondary N) is 3. The SMILES string of the molecule is CNC(=O)c1cc(Oc2ccc(NC(=O)Nc3ccc(F)c(C)c3)c(Cl)c2)ccn1. The van der Waals surface area contributed by atoms with Crippen LogP contribution in [0.15, 0.2) is 54.7 Å². The van der Waals surface area contributed by atoms with Crippen LogP contribution in [-0.4, -0.2) is 24.0 Å². The number of urea groups is 1. The third kappa shape index (κ3) is 5.24. The minimum atomic E-state index is -0.527. The fourth-order valence-corrected chi connectivity index (χ4v) is 2.75. The van der Waals surface area contributed by atoms with E-state index in [1.165, 1.54) is 43.6 Å². The molecular weight excluding hydrogens is 411 g/mol. The van der Waals surface area contributed by atoms with Gasteiger partial charge in [0.2, 0.25) is 0 Å². The highest BCUT2D eigenvalue weighted by Gasteiger charge is 2.10. The lowest BCUT2D eigenvalue weighted by Crippen LogP contribution is -2.19. The molecule has 1 heterocycles. The normalized spacial score (nSPS) is 10.3. The zero-order chi connectivity index (χ0) is 21.7. The number of rotatable bonds is 5. The number of carbonyl (C=O) groups is 2. The van der Waals surface area contributed by atoms with Crippen LogP contribution >= 0.6 is 11.6 Å². The standard InChI is InChI=1S/C21H18ClFN4O3/c1-12-9-13(3-5-17(12)23)26-21(29)27-18-6-4-14(10-16(18)22)30-15-7-8-25-19(11-15)20(28)24-2/h3-11H,1-2H3,(H,24,28)(H2,26,27,29). The van der Waals surface area contributed by atoms with Crippen LogP contribution in [0.2, 0.25) is 5.02 Å². The summed E-state index contributed by atoms with van der Waals surface area (Å²) in [7, 11) is 1.51. The molecule has 0 aliphatic heterocycles. The molecule has 1 aromatic heterocycles. The second kappa shape index (κ2) is 9.23. The number of aryl methyl sites for hydroxylation is 1. The van der Waals surface area contributed by atoms with E-state index in [9.17, 15) is 14.0 Å². The Labute approximate surface area is 177 Å². The predicted molar refractivity (Wildman–Crippen MR) is 113 cm³/mol. The Morgan fingerprint density at radius 3 is 2.50 bits per heavy atom. The van der Waals surface area contributed by atoms with Crippen molar-refractivity contribution >= 4 is 34.9 Å². The Bertz CT molecular complexity index is 1110. The summed E-state index contributed by atoms with van der Waals surface area (Å²) in [5.74, 6) is 0.135. The number of anilines is 2. The summed E-state index contributed by atoms with van der Waals surface area (Å²) in [6.07, 6.45) is 1.46. The molecule has 0 fully saturated rings. The van der Waals surface area contributed by atoms with Crippen LogP contribution in [-0.2, 0) is 0 Å². The Balaban J connectivity index is 1.67. The zero-order valence-corrected chi connectivity index (χ0v) is 16.9. The molecule has 2 aromatic carbocycles. The first kappa shape index (κ1) is 21.1. The molecule has 0 radical (unpaired) electrons. The number of nitrogens with zero attached hydrogens (tertiary/aromatic N) is 1. The number of carbonyl (C=O) groups excluding carboxylic acids is 2. The van der Waals surface area contributed by atoms with Gasteiger partial charge in [-0.15, -0.1) is 0 Å². The maximum atomic E-state index is 13.3. The number of hydrogen-bond donors (Lipinski definition) is 3. The van der Waals surface area contributed by atoms with Crippen LogP contribution in [0.3, 0.4) is 0 Å². The minimum absolute atomic E-state index is 0.215. The third-order valence-electron chi connectivity index (χ3n) is 4.03. The molecule has 0 atom stereocenters. The number of aromatic nitrogens is 1. The fraction of sp³-hybridized carbons (Fsp3) is 0.0952. The molecular formula is C21H18ClFN4O3. The van der Waals surface area contributed by atoms with Gasteiger partial charge in [0.1, 0.15) is 23.0 Å². The summed E-state index contributed by atoms with van der Waals surface area (Å²) in [5.41, 5.74) is 1.45. The van der Waals surface area contributed by atoms with E-state index in [-0.39, 0.29) is 22.4 Å². The van der Waals surface area contributed by atoms with Gasteiger partial charge in [-0.25, -0.2) is 9.18 Å². The van der Waals surface area contributed by atoms with Crippen LogP contribution in [0.4, 0.5) is 20.6 Å². The molecule has 0 aliphatic rings. The lowest BCUT2D eigenvalue weighted by Gasteiger charge is -2.12. The third-order valence-corrected chi connectivity index (χ3v) is 4.34. The summed E-state index contributed by atoms with van der Waals surface area (Å²) in [6, 6.07) is 11.6. The molecule has 9 heteroatoms. The van der Waals surface area contributed by atoms with Crippen LogP contribution < -0.4 is 20.7 Å². The minimum Gasteiger partial charge on any atom is -0.457 e. The van der Waals surface area contributed by atoms with E-state index in [2.05, 4.69) is 20.9 Å². The van der Waals surface area contributed by atoms with Gasteiger partial charge in [-0.05, 0) is 48.9 Å². The number of amides is 3. The van der Waals surface area contributed by atoms with E-state index in [0.29, 0.717) is 28.4 Å². The molecule has 0 unspecified atom stereocenters. The van der Waals surface area contributed by atoms with E-state index in [1.54, 1.807) is 25.1 Å². The van der Waals surface area contributed by atoms with Crippen molar-refractivity contribution in [2.75, 3.05) is 17.7 Å². The van der Waals surface area contributed by atoms with Gasteiger partial charge < -0.3 is 20.7 Å². The van der Waals surface area contributed by atoms with Gasteiger partial charge in [-0.1, -0.05) is 11.6 Å². The second-order valence-electron chi connectivity index (χ2n) is 6.24. The lowest BCUT2D eigenvalue weighted by molar-refractivity contribution is 0.0958. The summed E-state index contributed by atoms with van der Waals surface area (Å²) in [6.45, 7) is 1.61. The summed E-state index contributed by atoms with van der Waals surface area (Å²) >= 11 is 6.24. The average Bonchev–Trinajstić information content (AvgIpc) is 2.72. The zero-order valence-electron chi connectivity index (χ0n) is 16.1. The number of ether oxygens (including phenoxy) is 1. The molecule has 0 aliphatic carbocycles. The first-order valence-electron chi connectivity index (χ1n) is 8.85. The van der Waals surface area contributed by atoms with Gasteiger partial charge in [0, 0.05) is 31.1 Å². The van der Waals surface area contributed by atoms with E-state index < -0.39 is 6.03 Å². The van der Waals surface area contributed by atoms with Crippen molar-refractivity contribution in [3.05, 3.63) is 76.8 Å². The fourth-order valence-electron chi connectivity index (χ4n) is 2.53. The van der Waals surface area contributed by atoms with Gasteiger partial charge in [0.05, 0.1) is 10.7 Å². The highest BCUT2D eigenvalue weighted by Crippen LogP contribution is 2.30. The second-order valence-corrected chi connectivity index (χ2v) is 6.65. The van der Waals surface area contributed by atoms with Crippen LogP contribution in [0.25, 0.3) is 0 Å². The van der Waals surface area contributed by atoms with Crippen LogP contribution in [0, 0.1) is 12.7 Å². The molecule has 7 nitrogen and oxygen atoms in total. The van der Waals surface area contributed by atoms with E-state index in [0.717, 1.165) is 0 Å². The number of benzene rings is 2. The maximum absolute atomic E-state index is 13.3. The van der Waals surface area contributed by atoms with Gasteiger partial charge in [-0.2, -0.15) is 0 Å². The molecule has 3 amide bonds. The summed E-state index contributed by atoms with van der Waals surface area (Å²) in [4.78, 5) is 27.8. The molecule has 30 heavy (non-hydrogen) atoms. The molecule has 154 valence electrons. The average molecular weight is 429 g/mol. The van der Waals surface area contributed by atoms with E-state index in [4.69, 9.17) is 16.3 Å². The van der Waals surface area contributed by atoms with Crippen molar-refractivity contribution in [3.8, 4) is 11.5 Å². The number of halogens is 2. The molecule has 0 saturated heterocycles. The van der Waals surface area contributed by atoms with Crippen molar-refractivity contribution in [3.63, 3.8) is 0 Å². The van der Waals surface area contributed by atoms with Crippen molar-refractivity contribution in [2.45, 2.75) is 6.92 Å². The molecule has 3 N–H and O–H groups in total. The van der Waals surface area contributed by atoms with Crippen molar-refractivity contribution < 1.29 is 18.7 Å². The van der Waals surface area contributed by atoms with Crippen LogP contribution in [0.5, 0.6) is 11.5 Å². The monoisotopic (exact) mass is 428 g/mol. The summed E-state index contributed by atoms with van der Waals surface area (Å²) in [5, 5.41) is 7.97. The van der Waals surface area contributed by atoms with Crippen molar-refractivity contribution in [2.24, 2.45) is 0 Å². The summed E-state index contributed by atoms with van der Waals surface area (Å²) < 4.78 is 19.0. The molecule has 0 spiro atoms. The van der Waals surface area contributed by atoms with E-state index >= 15 is 0 Å². The molecule has 0 saturated carbocycles. The Morgan fingerprint density at radius 1 is 1.03 bits per heavy atom. The smallest absolute Gasteiger partial charge is 0.323 e. The molecule has 0 bridgehead atoms. The topological polar surface area (TPSA) is 92.4 Å². The largest absolute Gasteiger partial charge is 0.457 e. The molecule has 3 rings (SSSR count). The van der Waals surface area contributed by atoms with Gasteiger partial charge in [0.25, 0.3) is 5.91 Å². The van der Waals surface area contributed by atoms with Crippen molar-refractivity contribution in [1.82, 2.24) is 10.3 Å². The quantitative estimate of drug-likeness (QED) is 0.534. The predicted octanol–water partition coefficient (Wildman–Crippen LogP) is 4.98. The highest BCUT2D eigenvalue weighted by molar-refractivity contribution is 6.34. The Kier molecular flexibility index (Phi) is 6.48. The Morgan fingerprint density at radius 2 is 1.80 bits per heavy atom. The van der Waals surface area contributed by atoms with Gasteiger partial charge in [-0.3, -0.25) is 9.78 Å². The van der Waals surface area contributed by atoms with E-state index in [1.807, 2.05) is 0 Å². The lowest BCUT2D eigenvalue weighted by atomic mass is 10.2. The van der Waals surface area contributed by atoms with Gasteiger partial charge in [0.15, 0.2) is 0 Å². The molecule has 3 aromatic rings. The van der Waals surface area contributed by atoms with Gasteiger partial charge >= 0.3 is 6.03 Å². The maximum Gasteiger partial charge on any atom is 0.323 e. The van der Waals surface area contributed by atoms with Crippen LogP contribution in [0.1, 0.15) is 16.1 Å². The highest BCUT2D eigenvalue weighted by atomic mass is 35.5. The number of hydrogen-bond acceptors (Lipinski definition) is 4. The first-order chi connectivity index (χ1) is 14.4. The first-order valence-corrected chi connectivity index (χ1v) is 9.23. The number of pyridine rings is 1.